The van der Waals surface area contributed by atoms with Gasteiger partial charge in [-0.05, 0) is 67.6 Å². The van der Waals surface area contributed by atoms with Crippen molar-refractivity contribution >= 4 is 21.3 Å². The van der Waals surface area contributed by atoms with E-state index in [9.17, 15) is 12.8 Å². The predicted molar refractivity (Wildman–Crippen MR) is 117 cm³/mol. The van der Waals surface area contributed by atoms with Gasteiger partial charge >= 0.3 is 0 Å². The second-order valence-corrected chi connectivity index (χ2v) is 9.52. The fourth-order valence-corrected chi connectivity index (χ4v) is 4.13. The van der Waals surface area contributed by atoms with Crippen LogP contribution in [-0.2, 0) is 20.3 Å². The summed E-state index contributed by atoms with van der Waals surface area (Å²) in [5, 5.41) is 3.43. The molecule has 4 rings (SSSR count). The van der Waals surface area contributed by atoms with E-state index in [1.54, 1.807) is 43.5 Å². The molecule has 0 amide bonds. The molecule has 0 aromatic heterocycles. The molecule has 0 aliphatic carbocycles. The molecule has 1 N–H and O–H groups in total. The zero-order chi connectivity index (χ0) is 22.2. The SMILES string of the molecule is COc1cccc(C2(C)NC(c3ccc(F)cc3)=C(c3ccc(S(C)(=O)=O)cc3)O2)c1. The van der Waals surface area contributed by atoms with Crippen LogP contribution in [0, 0.1) is 5.82 Å². The Kier molecular flexibility index (Phi) is 5.23. The van der Waals surface area contributed by atoms with Crippen molar-refractivity contribution in [2.75, 3.05) is 13.4 Å². The molecule has 31 heavy (non-hydrogen) atoms. The normalized spacial score (nSPS) is 18.5. The molecular weight excluding hydrogens is 417 g/mol. The summed E-state index contributed by atoms with van der Waals surface area (Å²) in [5.74, 6) is 0.897. The van der Waals surface area contributed by atoms with E-state index in [0.717, 1.165) is 11.1 Å². The highest BCUT2D eigenvalue weighted by Gasteiger charge is 2.39. The molecule has 0 fully saturated rings. The topological polar surface area (TPSA) is 64.6 Å². The minimum atomic E-state index is -3.32. The highest BCUT2D eigenvalue weighted by molar-refractivity contribution is 7.90. The van der Waals surface area contributed by atoms with E-state index in [1.807, 2.05) is 31.2 Å². The summed E-state index contributed by atoms with van der Waals surface area (Å²) in [5.41, 5.74) is 2.05. The Labute approximate surface area is 181 Å². The van der Waals surface area contributed by atoms with E-state index >= 15 is 0 Å². The minimum Gasteiger partial charge on any atom is -0.497 e. The molecule has 0 radical (unpaired) electrons. The average molecular weight is 440 g/mol. The van der Waals surface area contributed by atoms with Crippen molar-refractivity contribution in [1.29, 1.82) is 0 Å². The number of hydrogen-bond acceptors (Lipinski definition) is 5. The van der Waals surface area contributed by atoms with Crippen LogP contribution in [0.1, 0.15) is 23.6 Å². The highest BCUT2D eigenvalue weighted by atomic mass is 32.2. The maximum Gasteiger partial charge on any atom is 0.204 e. The number of hydrogen-bond donors (Lipinski definition) is 1. The van der Waals surface area contributed by atoms with Gasteiger partial charge in [-0.1, -0.05) is 12.1 Å². The number of nitrogens with one attached hydrogen (secondary N) is 1. The van der Waals surface area contributed by atoms with Gasteiger partial charge in [-0.2, -0.15) is 0 Å². The Bertz CT molecular complexity index is 1250. The van der Waals surface area contributed by atoms with Gasteiger partial charge in [0.2, 0.25) is 5.72 Å². The largest absolute Gasteiger partial charge is 0.497 e. The summed E-state index contributed by atoms with van der Waals surface area (Å²) in [4.78, 5) is 0.224. The second kappa shape index (κ2) is 7.74. The number of rotatable bonds is 5. The zero-order valence-corrected chi connectivity index (χ0v) is 18.2. The number of halogens is 1. The fraction of sp³-hybridized carbons (Fsp3) is 0.167. The monoisotopic (exact) mass is 439 g/mol. The van der Waals surface area contributed by atoms with Gasteiger partial charge in [0.15, 0.2) is 15.6 Å². The molecule has 160 valence electrons. The van der Waals surface area contributed by atoms with Gasteiger partial charge in [-0.15, -0.1) is 0 Å². The van der Waals surface area contributed by atoms with Crippen LogP contribution in [0.2, 0.25) is 0 Å². The van der Waals surface area contributed by atoms with Gasteiger partial charge in [0, 0.05) is 22.9 Å². The Hall–Kier alpha value is -3.32. The van der Waals surface area contributed by atoms with Crippen molar-refractivity contribution in [1.82, 2.24) is 5.32 Å². The first-order chi connectivity index (χ1) is 14.7. The maximum absolute atomic E-state index is 13.5. The predicted octanol–water partition coefficient (Wildman–Crippen LogP) is 4.56. The van der Waals surface area contributed by atoms with E-state index in [4.69, 9.17) is 9.47 Å². The van der Waals surface area contributed by atoms with Crippen molar-refractivity contribution in [3.05, 3.63) is 95.3 Å². The van der Waals surface area contributed by atoms with Gasteiger partial charge in [0.25, 0.3) is 0 Å². The van der Waals surface area contributed by atoms with E-state index < -0.39 is 15.6 Å². The van der Waals surface area contributed by atoms with Crippen LogP contribution in [-0.4, -0.2) is 21.8 Å². The molecule has 3 aromatic carbocycles. The molecule has 1 aliphatic rings. The van der Waals surface area contributed by atoms with E-state index in [2.05, 4.69) is 5.32 Å². The Morgan fingerprint density at radius 1 is 0.968 bits per heavy atom. The fourth-order valence-electron chi connectivity index (χ4n) is 3.50. The standard InChI is InChI=1S/C24H22FNO4S/c1-24(18-5-4-6-20(15-18)29-2)26-22(16-7-11-19(25)12-8-16)23(30-24)17-9-13-21(14-10-17)31(3,27)28/h4-15,26H,1-3H3. The molecule has 1 atom stereocenters. The molecule has 3 aromatic rings. The van der Waals surface area contributed by atoms with Gasteiger partial charge < -0.3 is 14.8 Å². The van der Waals surface area contributed by atoms with Crippen molar-refractivity contribution < 1.29 is 22.3 Å². The average Bonchev–Trinajstić information content (AvgIpc) is 3.13. The highest BCUT2D eigenvalue weighted by Crippen LogP contribution is 2.42. The van der Waals surface area contributed by atoms with E-state index in [-0.39, 0.29) is 10.7 Å². The smallest absolute Gasteiger partial charge is 0.204 e. The van der Waals surface area contributed by atoms with E-state index in [1.165, 1.54) is 18.4 Å². The summed E-state index contributed by atoms with van der Waals surface area (Å²) < 4.78 is 48.9. The van der Waals surface area contributed by atoms with Gasteiger partial charge in [-0.25, -0.2) is 12.8 Å². The molecular formula is C24H22FNO4S. The lowest BCUT2D eigenvalue weighted by Crippen LogP contribution is -2.35. The maximum atomic E-state index is 13.5. The molecule has 1 heterocycles. The van der Waals surface area contributed by atoms with Crippen LogP contribution < -0.4 is 10.1 Å². The first-order valence-electron chi connectivity index (χ1n) is 9.62. The van der Waals surface area contributed by atoms with Crippen molar-refractivity contribution in [3.63, 3.8) is 0 Å². The first-order valence-corrected chi connectivity index (χ1v) is 11.5. The summed E-state index contributed by atoms with van der Waals surface area (Å²) >= 11 is 0. The Balaban J connectivity index is 1.81. The third kappa shape index (κ3) is 4.14. The Morgan fingerprint density at radius 2 is 1.61 bits per heavy atom. The molecule has 7 heteroatoms. The van der Waals surface area contributed by atoms with Crippen LogP contribution >= 0.6 is 0 Å². The van der Waals surface area contributed by atoms with Crippen LogP contribution in [0.4, 0.5) is 4.39 Å². The third-order valence-electron chi connectivity index (χ3n) is 5.19. The lowest BCUT2D eigenvalue weighted by Gasteiger charge is -2.27. The van der Waals surface area contributed by atoms with Crippen molar-refractivity contribution in [2.45, 2.75) is 17.5 Å². The first kappa shape index (κ1) is 20.9. The molecule has 0 spiro atoms. The van der Waals surface area contributed by atoms with Crippen LogP contribution in [0.15, 0.2) is 77.7 Å². The zero-order valence-electron chi connectivity index (χ0n) is 17.3. The molecule has 0 saturated heterocycles. The summed E-state index contributed by atoms with van der Waals surface area (Å²) in [7, 11) is -1.72. The summed E-state index contributed by atoms with van der Waals surface area (Å²) in [6, 6.07) is 20.1. The van der Waals surface area contributed by atoms with Crippen LogP contribution in [0.3, 0.4) is 0 Å². The number of ether oxygens (including phenoxy) is 2. The summed E-state index contributed by atoms with van der Waals surface area (Å²) in [6.07, 6.45) is 1.17. The lowest BCUT2D eigenvalue weighted by molar-refractivity contribution is 0.0563. The van der Waals surface area contributed by atoms with E-state index in [0.29, 0.717) is 22.8 Å². The van der Waals surface area contributed by atoms with Crippen LogP contribution in [0.5, 0.6) is 5.75 Å². The molecule has 1 aliphatic heterocycles. The quantitative estimate of drug-likeness (QED) is 0.632. The second-order valence-electron chi connectivity index (χ2n) is 7.50. The molecule has 0 bridgehead atoms. The third-order valence-corrected chi connectivity index (χ3v) is 6.32. The molecule has 5 nitrogen and oxygen atoms in total. The minimum absolute atomic E-state index is 0.224. The number of benzene rings is 3. The Morgan fingerprint density at radius 3 is 2.23 bits per heavy atom. The van der Waals surface area contributed by atoms with Crippen molar-refractivity contribution in [2.24, 2.45) is 0 Å². The number of methoxy groups -OCH3 is 1. The van der Waals surface area contributed by atoms with Crippen molar-refractivity contribution in [3.8, 4) is 5.75 Å². The van der Waals surface area contributed by atoms with Crippen LogP contribution in [0.25, 0.3) is 11.5 Å². The van der Waals surface area contributed by atoms with Gasteiger partial charge in [0.05, 0.1) is 17.7 Å². The van der Waals surface area contributed by atoms with Gasteiger partial charge in [0.1, 0.15) is 11.6 Å². The number of sulfone groups is 1. The lowest BCUT2D eigenvalue weighted by atomic mass is 10.0. The summed E-state index contributed by atoms with van der Waals surface area (Å²) in [6.45, 7) is 1.89. The molecule has 1 unspecified atom stereocenters. The van der Waals surface area contributed by atoms with Gasteiger partial charge in [-0.3, -0.25) is 0 Å². The molecule has 0 saturated carbocycles.